The summed E-state index contributed by atoms with van der Waals surface area (Å²) >= 11 is 1.53. The molecule has 2 aromatic rings. The number of aliphatic hydroxyl groups is 1. The number of nitrogens with one attached hydrogen (secondary N) is 1. The minimum Gasteiger partial charge on any atom is -0.395 e. The lowest BCUT2D eigenvalue weighted by Gasteiger charge is -2.21. The number of aryl methyl sites for hydroxylation is 2. The van der Waals surface area contributed by atoms with Crippen LogP contribution >= 0.6 is 11.8 Å². The Bertz CT molecular complexity index is 652. The maximum atomic E-state index is 12.3. The van der Waals surface area contributed by atoms with Crippen molar-refractivity contribution in [3.63, 3.8) is 0 Å². The van der Waals surface area contributed by atoms with Crippen LogP contribution in [0.2, 0.25) is 0 Å². The van der Waals surface area contributed by atoms with E-state index in [4.69, 9.17) is 0 Å². The quantitative estimate of drug-likeness (QED) is 0.865. The molecule has 2 atom stereocenters. The number of aliphatic hydroxyl groups excluding tert-OH is 1. The van der Waals surface area contributed by atoms with Crippen LogP contribution in [0.4, 0.5) is 0 Å². The molecule has 2 rings (SSSR count). The summed E-state index contributed by atoms with van der Waals surface area (Å²) in [5.41, 5.74) is 2.11. The smallest absolute Gasteiger partial charge is 0.253 e. The molecule has 2 N–H and O–H groups in total. The predicted molar refractivity (Wildman–Crippen MR) is 84.6 cm³/mol. The molecule has 0 saturated carbocycles. The molecule has 2 unspecified atom stereocenters. The summed E-state index contributed by atoms with van der Waals surface area (Å²) < 4.78 is 1.70. The molecule has 2 aromatic heterocycles. The maximum absolute atomic E-state index is 12.3. The molecule has 0 fully saturated rings. The van der Waals surface area contributed by atoms with E-state index < -0.39 is 0 Å². The van der Waals surface area contributed by atoms with E-state index in [1.165, 1.54) is 11.8 Å². The number of carbonyl (C=O) groups is 1. The number of aromatic nitrogens is 3. The van der Waals surface area contributed by atoms with Gasteiger partial charge in [0.2, 0.25) is 0 Å². The normalized spacial score (nSPS) is 14.1. The fourth-order valence-electron chi connectivity index (χ4n) is 2.25. The SMILES string of the molecule is CSC(CO)C(C)NC(=O)c1cnc2c(c1)c(C)nn2C. The third kappa shape index (κ3) is 3.19. The van der Waals surface area contributed by atoms with Crippen molar-refractivity contribution in [2.75, 3.05) is 12.9 Å². The van der Waals surface area contributed by atoms with Crippen molar-refractivity contribution in [1.82, 2.24) is 20.1 Å². The van der Waals surface area contributed by atoms with Gasteiger partial charge in [-0.05, 0) is 26.2 Å². The average molecular weight is 308 g/mol. The summed E-state index contributed by atoms with van der Waals surface area (Å²) in [5, 5.41) is 17.3. The third-order valence-corrected chi connectivity index (χ3v) is 4.69. The molecule has 0 radical (unpaired) electrons. The van der Waals surface area contributed by atoms with Gasteiger partial charge >= 0.3 is 0 Å². The lowest BCUT2D eigenvalue weighted by Crippen LogP contribution is -2.41. The molecule has 0 aromatic carbocycles. The van der Waals surface area contributed by atoms with Gasteiger partial charge in [-0.1, -0.05) is 0 Å². The Morgan fingerprint density at radius 2 is 2.29 bits per heavy atom. The van der Waals surface area contributed by atoms with E-state index in [1.807, 2.05) is 27.2 Å². The molecule has 0 saturated heterocycles. The van der Waals surface area contributed by atoms with Crippen molar-refractivity contribution in [2.45, 2.75) is 25.1 Å². The van der Waals surface area contributed by atoms with Crippen LogP contribution in [0, 0.1) is 6.92 Å². The minimum atomic E-state index is -0.187. The fraction of sp³-hybridized carbons (Fsp3) is 0.500. The Labute approximate surface area is 127 Å². The highest BCUT2D eigenvalue weighted by atomic mass is 32.2. The fourth-order valence-corrected chi connectivity index (χ4v) is 2.88. The number of hydrogen-bond acceptors (Lipinski definition) is 5. The zero-order valence-electron chi connectivity index (χ0n) is 12.6. The number of hydrogen-bond donors (Lipinski definition) is 2. The van der Waals surface area contributed by atoms with Gasteiger partial charge in [0, 0.05) is 29.9 Å². The Morgan fingerprint density at radius 1 is 1.57 bits per heavy atom. The number of amides is 1. The number of nitrogens with zero attached hydrogens (tertiary/aromatic N) is 3. The van der Waals surface area contributed by atoms with Crippen molar-refractivity contribution in [1.29, 1.82) is 0 Å². The molecule has 2 heterocycles. The molecule has 114 valence electrons. The van der Waals surface area contributed by atoms with Gasteiger partial charge in [-0.3, -0.25) is 9.48 Å². The molecule has 7 heteroatoms. The zero-order chi connectivity index (χ0) is 15.6. The van der Waals surface area contributed by atoms with Gasteiger partial charge < -0.3 is 10.4 Å². The monoisotopic (exact) mass is 308 g/mol. The number of carbonyl (C=O) groups excluding carboxylic acids is 1. The number of pyridine rings is 1. The van der Waals surface area contributed by atoms with Crippen LogP contribution in [-0.2, 0) is 7.05 Å². The zero-order valence-corrected chi connectivity index (χ0v) is 13.4. The Hall–Kier alpha value is -1.60. The van der Waals surface area contributed by atoms with Crippen LogP contribution in [-0.4, -0.2) is 49.9 Å². The van der Waals surface area contributed by atoms with Gasteiger partial charge in [-0.2, -0.15) is 16.9 Å². The molecule has 1 amide bonds. The van der Waals surface area contributed by atoms with E-state index in [1.54, 1.807) is 16.9 Å². The van der Waals surface area contributed by atoms with Crippen LogP contribution in [0.1, 0.15) is 23.0 Å². The second-order valence-electron chi connectivity index (χ2n) is 5.02. The van der Waals surface area contributed by atoms with Crippen molar-refractivity contribution in [2.24, 2.45) is 7.05 Å². The molecule has 0 aliphatic carbocycles. The predicted octanol–water partition coefficient (Wildman–Crippen LogP) is 1.12. The highest BCUT2D eigenvalue weighted by molar-refractivity contribution is 7.99. The topological polar surface area (TPSA) is 80.0 Å². The van der Waals surface area contributed by atoms with Crippen LogP contribution in [0.3, 0.4) is 0 Å². The van der Waals surface area contributed by atoms with Crippen molar-refractivity contribution in [3.05, 3.63) is 23.5 Å². The van der Waals surface area contributed by atoms with Crippen molar-refractivity contribution < 1.29 is 9.90 Å². The first-order chi connectivity index (χ1) is 9.97. The standard InChI is InChI=1S/C14H20N4O2S/c1-8-11-5-10(6-15-13(11)18(3)17-8)14(20)16-9(2)12(7-19)21-4/h5-6,9,12,19H,7H2,1-4H3,(H,16,20). The Morgan fingerprint density at radius 3 is 2.90 bits per heavy atom. The van der Waals surface area contributed by atoms with Gasteiger partial charge in [0.1, 0.15) is 0 Å². The van der Waals surface area contributed by atoms with E-state index >= 15 is 0 Å². The molecule has 0 aliphatic heterocycles. The molecule has 0 bridgehead atoms. The second kappa shape index (κ2) is 6.44. The highest BCUT2D eigenvalue weighted by Crippen LogP contribution is 2.17. The van der Waals surface area contributed by atoms with Crippen LogP contribution in [0.25, 0.3) is 11.0 Å². The molecular weight excluding hydrogens is 288 g/mol. The minimum absolute atomic E-state index is 0.0224. The van der Waals surface area contributed by atoms with Crippen molar-refractivity contribution in [3.8, 4) is 0 Å². The summed E-state index contributed by atoms with van der Waals surface area (Å²) in [5.74, 6) is -0.187. The average Bonchev–Trinajstić information content (AvgIpc) is 2.75. The second-order valence-corrected chi connectivity index (χ2v) is 6.10. The molecule has 6 nitrogen and oxygen atoms in total. The number of thioether (sulfide) groups is 1. The lowest BCUT2D eigenvalue weighted by atomic mass is 10.1. The first-order valence-corrected chi connectivity index (χ1v) is 8.00. The third-order valence-electron chi connectivity index (χ3n) is 3.52. The summed E-state index contributed by atoms with van der Waals surface area (Å²) in [6.45, 7) is 3.81. The molecular formula is C14H20N4O2S. The molecule has 0 aliphatic rings. The maximum Gasteiger partial charge on any atom is 0.253 e. The first-order valence-electron chi connectivity index (χ1n) is 6.71. The largest absolute Gasteiger partial charge is 0.395 e. The molecule has 0 spiro atoms. The lowest BCUT2D eigenvalue weighted by molar-refractivity contribution is 0.0935. The van der Waals surface area contributed by atoms with E-state index in [0.717, 1.165) is 16.7 Å². The van der Waals surface area contributed by atoms with Crippen molar-refractivity contribution >= 4 is 28.7 Å². The van der Waals surface area contributed by atoms with E-state index in [9.17, 15) is 9.90 Å². The summed E-state index contributed by atoms with van der Waals surface area (Å²) in [7, 11) is 1.83. The van der Waals surface area contributed by atoms with Gasteiger partial charge in [0.25, 0.3) is 5.91 Å². The van der Waals surface area contributed by atoms with Gasteiger partial charge in [-0.15, -0.1) is 0 Å². The van der Waals surface area contributed by atoms with Crippen LogP contribution in [0.5, 0.6) is 0 Å². The number of fused-ring (bicyclic) bond motifs is 1. The highest BCUT2D eigenvalue weighted by Gasteiger charge is 2.19. The van der Waals surface area contributed by atoms with E-state index in [-0.39, 0.29) is 23.8 Å². The first kappa shape index (κ1) is 15.8. The summed E-state index contributed by atoms with van der Waals surface area (Å²) in [6.07, 6.45) is 3.47. The van der Waals surface area contributed by atoms with Crippen LogP contribution in [0.15, 0.2) is 12.3 Å². The summed E-state index contributed by atoms with van der Waals surface area (Å²) in [6, 6.07) is 1.68. The Kier molecular flexibility index (Phi) is 4.84. The molecule has 21 heavy (non-hydrogen) atoms. The summed E-state index contributed by atoms with van der Waals surface area (Å²) in [4.78, 5) is 16.6. The van der Waals surface area contributed by atoms with Gasteiger partial charge in [0.15, 0.2) is 5.65 Å². The number of rotatable bonds is 5. The van der Waals surface area contributed by atoms with E-state index in [0.29, 0.717) is 5.56 Å². The van der Waals surface area contributed by atoms with Gasteiger partial charge in [0.05, 0.1) is 17.9 Å². The Balaban J connectivity index is 2.21. The van der Waals surface area contributed by atoms with Crippen LogP contribution < -0.4 is 5.32 Å². The van der Waals surface area contributed by atoms with E-state index in [2.05, 4.69) is 15.4 Å². The van der Waals surface area contributed by atoms with Gasteiger partial charge in [-0.25, -0.2) is 4.98 Å².